The first-order valence-corrected chi connectivity index (χ1v) is 8.85. The Balaban J connectivity index is 1.46. The highest BCUT2D eigenvalue weighted by molar-refractivity contribution is 5.96. The molecule has 2 heterocycles. The number of carbonyl (C=O) groups excluding carboxylic acids is 2. The number of rotatable bonds is 2. The SMILES string of the molecule is Cc1ccc(C(=O)N2CC[C@@H]3CN(C(=O)c4ccccc4)[C@@H]3C2)cc1. The summed E-state index contributed by atoms with van der Waals surface area (Å²) in [5.41, 5.74) is 2.60. The Kier molecular flexibility index (Phi) is 4.04. The number of amides is 2. The number of carbonyl (C=O) groups is 2. The molecular weight excluding hydrogens is 312 g/mol. The van der Waals surface area contributed by atoms with Crippen LogP contribution in [0.3, 0.4) is 0 Å². The molecule has 2 saturated heterocycles. The van der Waals surface area contributed by atoms with E-state index in [1.165, 1.54) is 0 Å². The van der Waals surface area contributed by atoms with Crippen molar-refractivity contribution in [2.45, 2.75) is 19.4 Å². The van der Waals surface area contributed by atoms with Crippen LogP contribution in [0.4, 0.5) is 0 Å². The van der Waals surface area contributed by atoms with Crippen LogP contribution in [0.25, 0.3) is 0 Å². The first-order valence-electron chi connectivity index (χ1n) is 8.85. The molecule has 2 aromatic carbocycles. The zero-order valence-corrected chi connectivity index (χ0v) is 14.4. The van der Waals surface area contributed by atoms with Gasteiger partial charge in [-0.2, -0.15) is 0 Å². The summed E-state index contributed by atoms with van der Waals surface area (Å²) < 4.78 is 0. The van der Waals surface area contributed by atoms with Crippen LogP contribution in [-0.2, 0) is 0 Å². The zero-order valence-electron chi connectivity index (χ0n) is 14.4. The highest BCUT2D eigenvalue weighted by atomic mass is 16.2. The average Bonchev–Trinajstić information content (AvgIpc) is 2.63. The smallest absolute Gasteiger partial charge is 0.254 e. The standard InChI is InChI=1S/C21H22N2O2/c1-15-7-9-17(10-8-15)20(24)22-12-11-18-13-23(19(18)14-22)21(25)16-5-3-2-4-6-16/h2-10,18-19H,11-14H2,1H3/t18-,19-/m1/s1. The highest BCUT2D eigenvalue weighted by Crippen LogP contribution is 2.34. The Morgan fingerprint density at radius 2 is 1.56 bits per heavy atom. The van der Waals surface area contributed by atoms with Gasteiger partial charge in [0, 0.05) is 36.7 Å². The van der Waals surface area contributed by atoms with E-state index in [-0.39, 0.29) is 17.9 Å². The molecule has 0 saturated carbocycles. The van der Waals surface area contributed by atoms with Crippen molar-refractivity contribution in [2.24, 2.45) is 5.92 Å². The van der Waals surface area contributed by atoms with Gasteiger partial charge in [-0.1, -0.05) is 35.9 Å². The van der Waals surface area contributed by atoms with Gasteiger partial charge in [0.1, 0.15) is 0 Å². The maximum atomic E-state index is 12.8. The normalized spacial score (nSPS) is 22.1. The van der Waals surface area contributed by atoms with Gasteiger partial charge < -0.3 is 9.80 Å². The van der Waals surface area contributed by atoms with Crippen LogP contribution in [-0.4, -0.2) is 47.3 Å². The molecular formula is C21H22N2O2. The van der Waals surface area contributed by atoms with E-state index in [1.54, 1.807) is 0 Å². The summed E-state index contributed by atoms with van der Waals surface area (Å²) >= 11 is 0. The van der Waals surface area contributed by atoms with Crippen LogP contribution in [0.2, 0.25) is 0 Å². The van der Waals surface area contributed by atoms with Crippen LogP contribution in [0.5, 0.6) is 0 Å². The molecule has 25 heavy (non-hydrogen) atoms. The Labute approximate surface area is 148 Å². The van der Waals surface area contributed by atoms with Gasteiger partial charge in [0.25, 0.3) is 11.8 Å². The van der Waals surface area contributed by atoms with Crippen LogP contribution in [0.1, 0.15) is 32.7 Å². The molecule has 0 aliphatic carbocycles. The van der Waals surface area contributed by atoms with E-state index in [9.17, 15) is 9.59 Å². The fourth-order valence-corrected chi connectivity index (χ4v) is 3.84. The summed E-state index contributed by atoms with van der Waals surface area (Å²) in [4.78, 5) is 29.3. The van der Waals surface area contributed by atoms with Crippen molar-refractivity contribution in [1.82, 2.24) is 9.80 Å². The van der Waals surface area contributed by atoms with Crippen molar-refractivity contribution in [1.29, 1.82) is 0 Å². The molecule has 2 aromatic rings. The Morgan fingerprint density at radius 1 is 0.880 bits per heavy atom. The van der Waals surface area contributed by atoms with E-state index >= 15 is 0 Å². The third-order valence-corrected chi connectivity index (χ3v) is 5.42. The number of nitrogens with zero attached hydrogens (tertiary/aromatic N) is 2. The fourth-order valence-electron chi connectivity index (χ4n) is 3.84. The van der Waals surface area contributed by atoms with Gasteiger partial charge in [0.15, 0.2) is 0 Å². The number of benzene rings is 2. The summed E-state index contributed by atoms with van der Waals surface area (Å²) in [6, 6.07) is 17.3. The lowest BCUT2D eigenvalue weighted by atomic mass is 9.81. The van der Waals surface area contributed by atoms with Gasteiger partial charge in [0.05, 0.1) is 6.04 Å². The average molecular weight is 334 g/mol. The van der Waals surface area contributed by atoms with Gasteiger partial charge in [-0.3, -0.25) is 9.59 Å². The monoisotopic (exact) mass is 334 g/mol. The Hall–Kier alpha value is -2.62. The molecule has 0 radical (unpaired) electrons. The lowest BCUT2D eigenvalue weighted by Gasteiger charge is -2.53. The molecule has 0 N–H and O–H groups in total. The van der Waals surface area contributed by atoms with E-state index in [1.807, 2.05) is 71.3 Å². The third-order valence-electron chi connectivity index (χ3n) is 5.42. The molecule has 0 aromatic heterocycles. The number of aryl methyl sites for hydroxylation is 1. The van der Waals surface area contributed by atoms with Gasteiger partial charge in [0.2, 0.25) is 0 Å². The molecule has 128 valence electrons. The quantitative estimate of drug-likeness (QED) is 0.847. The van der Waals surface area contributed by atoms with Crippen molar-refractivity contribution >= 4 is 11.8 Å². The van der Waals surface area contributed by atoms with E-state index in [0.717, 1.165) is 36.2 Å². The molecule has 2 fully saturated rings. The van der Waals surface area contributed by atoms with E-state index < -0.39 is 0 Å². The van der Waals surface area contributed by atoms with Crippen LogP contribution in [0, 0.1) is 12.8 Å². The third kappa shape index (κ3) is 2.93. The van der Waals surface area contributed by atoms with Crippen LogP contribution in [0.15, 0.2) is 54.6 Å². The molecule has 2 amide bonds. The summed E-state index contributed by atoms with van der Waals surface area (Å²) in [5, 5.41) is 0. The lowest BCUT2D eigenvalue weighted by molar-refractivity contribution is -0.0235. The number of hydrogen-bond donors (Lipinski definition) is 0. The van der Waals surface area contributed by atoms with Crippen LogP contribution >= 0.6 is 0 Å². The van der Waals surface area contributed by atoms with Gasteiger partial charge in [-0.05, 0) is 37.6 Å². The second-order valence-electron chi connectivity index (χ2n) is 7.06. The van der Waals surface area contributed by atoms with Gasteiger partial charge in [-0.15, -0.1) is 0 Å². The molecule has 0 unspecified atom stereocenters. The predicted molar refractivity (Wildman–Crippen MR) is 96.5 cm³/mol. The topological polar surface area (TPSA) is 40.6 Å². The number of hydrogen-bond acceptors (Lipinski definition) is 2. The van der Waals surface area contributed by atoms with E-state index in [2.05, 4.69) is 0 Å². The fraction of sp³-hybridized carbons (Fsp3) is 0.333. The zero-order chi connectivity index (χ0) is 17.4. The Bertz CT molecular complexity index is 785. The van der Waals surface area contributed by atoms with E-state index in [0.29, 0.717) is 12.5 Å². The minimum absolute atomic E-state index is 0.0671. The van der Waals surface area contributed by atoms with E-state index in [4.69, 9.17) is 0 Å². The first-order chi connectivity index (χ1) is 12.1. The number of piperidine rings is 1. The summed E-state index contributed by atoms with van der Waals surface area (Å²) in [6.07, 6.45) is 0.973. The summed E-state index contributed by atoms with van der Waals surface area (Å²) in [7, 11) is 0. The summed E-state index contributed by atoms with van der Waals surface area (Å²) in [5.74, 6) is 0.665. The lowest BCUT2D eigenvalue weighted by Crippen LogP contribution is -2.66. The molecule has 2 atom stereocenters. The molecule has 0 bridgehead atoms. The summed E-state index contributed by atoms with van der Waals surface area (Å²) in [6.45, 7) is 4.24. The molecule has 2 aliphatic rings. The molecule has 4 rings (SSSR count). The second-order valence-corrected chi connectivity index (χ2v) is 7.06. The number of likely N-dealkylation sites (tertiary alicyclic amines) is 2. The van der Waals surface area contributed by atoms with Crippen molar-refractivity contribution < 1.29 is 9.59 Å². The van der Waals surface area contributed by atoms with Crippen LogP contribution < -0.4 is 0 Å². The van der Waals surface area contributed by atoms with Crippen molar-refractivity contribution in [3.63, 3.8) is 0 Å². The molecule has 0 spiro atoms. The maximum Gasteiger partial charge on any atom is 0.254 e. The van der Waals surface area contributed by atoms with Crippen molar-refractivity contribution in [2.75, 3.05) is 19.6 Å². The Morgan fingerprint density at radius 3 is 2.28 bits per heavy atom. The molecule has 4 heteroatoms. The maximum absolute atomic E-state index is 12.8. The molecule has 2 aliphatic heterocycles. The van der Waals surface area contributed by atoms with Crippen molar-refractivity contribution in [3.05, 3.63) is 71.3 Å². The predicted octanol–water partition coefficient (Wildman–Crippen LogP) is 2.98. The minimum Gasteiger partial charge on any atom is -0.337 e. The van der Waals surface area contributed by atoms with Gasteiger partial charge >= 0.3 is 0 Å². The first kappa shape index (κ1) is 15.9. The van der Waals surface area contributed by atoms with Gasteiger partial charge in [-0.25, -0.2) is 0 Å². The minimum atomic E-state index is 0.0671. The second kappa shape index (κ2) is 6.36. The van der Waals surface area contributed by atoms with Crippen molar-refractivity contribution in [3.8, 4) is 0 Å². The number of fused-ring (bicyclic) bond motifs is 1. The molecule has 4 nitrogen and oxygen atoms in total. The highest BCUT2D eigenvalue weighted by Gasteiger charge is 2.45. The largest absolute Gasteiger partial charge is 0.337 e.